The summed E-state index contributed by atoms with van der Waals surface area (Å²) < 4.78 is 5.59. The molecular weight excluding hydrogens is 404 g/mol. The van der Waals surface area contributed by atoms with Crippen molar-refractivity contribution < 1.29 is 9.21 Å². The Morgan fingerprint density at radius 3 is 2.93 bits per heavy atom. The molecule has 1 unspecified atom stereocenters. The average molecular weight is 421 g/mol. The Morgan fingerprint density at radius 2 is 2.10 bits per heavy atom. The highest BCUT2D eigenvalue weighted by Crippen LogP contribution is 2.35. The quantitative estimate of drug-likeness (QED) is 0.344. The molecule has 29 heavy (non-hydrogen) atoms. The summed E-state index contributed by atoms with van der Waals surface area (Å²) >= 11 is 3.03. The van der Waals surface area contributed by atoms with Gasteiger partial charge in [-0.25, -0.2) is 15.0 Å². The number of aromatic nitrogens is 2. The predicted molar refractivity (Wildman–Crippen MR) is 114 cm³/mol. The van der Waals surface area contributed by atoms with Gasteiger partial charge in [0, 0.05) is 11.8 Å². The van der Waals surface area contributed by atoms with E-state index in [1.54, 1.807) is 22.6 Å². The highest BCUT2D eigenvalue weighted by molar-refractivity contribution is 8.00. The van der Waals surface area contributed by atoms with E-state index in [0.29, 0.717) is 6.42 Å². The van der Waals surface area contributed by atoms with Crippen LogP contribution < -0.4 is 0 Å². The minimum absolute atomic E-state index is 0.0781. The van der Waals surface area contributed by atoms with Crippen LogP contribution in [0.25, 0.3) is 10.9 Å². The zero-order valence-corrected chi connectivity index (χ0v) is 16.9. The van der Waals surface area contributed by atoms with Gasteiger partial charge >= 0.3 is 0 Å². The first-order chi connectivity index (χ1) is 14.3. The lowest BCUT2D eigenvalue weighted by Crippen LogP contribution is -2.28. The van der Waals surface area contributed by atoms with Crippen LogP contribution in [0.4, 0.5) is 0 Å². The molecule has 1 aliphatic heterocycles. The summed E-state index contributed by atoms with van der Waals surface area (Å²) in [5.74, 6) is 0.899. The second-order valence-electron chi connectivity index (χ2n) is 6.48. The number of rotatable bonds is 5. The summed E-state index contributed by atoms with van der Waals surface area (Å²) in [7, 11) is 0. The number of thiophene rings is 1. The van der Waals surface area contributed by atoms with Crippen molar-refractivity contribution in [3.8, 4) is 0 Å². The number of carbonyl (C=O) groups excluding carboxylic acids is 1. The number of hydrogen-bond donors (Lipinski definition) is 0. The molecule has 1 aliphatic rings. The number of carbonyl (C=O) groups is 1. The fourth-order valence-corrected chi connectivity index (χ4v) is 4.89. The Balaban J connectivity index is 1.39. The molecular formula is C21H16N4O2S2. The van der Waals surface area contributed by atoms with E-state index >= 15 is 0 Å². The van der Waals surface area contributed by atoms with E-state index in [0.717, 1.165) is 32.3 Å². The van der Waals surface area contributed by atoms with Crippen molar-refractivity contribution in [2.45, 2.75) is 17.5 Å². The number of benzene rings is 1. The van der Waals surface area contributed by atoms with E-state index in [1.165, 1.54) is 18.1 Å². The van der Waals surface area contributed by atoms with Crippen molar-refractivity contribution in [2.75, 3.05) is 5.75 Å². The van der Waals surface area contributed by atoms with Crippen LogP contribution in [0.1, 0.15) is 23.1 Å². The molecule has 8 heteroatoms. The highest BCUT2D eigenvalue weighted by atomic mass is 32.2. The lowest BCUT2D eigenvalue weighted by molar-refractivity contribution is -0.130. The van der Waals surface area contributed by atoms with Crippen LogP contribution >= 0.6 is 23.1 Å². The summed E-state index contributed by atoms with van der Waals surface area (Å²) in [5.41, 5.74) is 1.78. The zero-order valence-electron chi connectivity index (χ0n) is 15.3. The number of hydrazone groups is 1. The van der Waals surface area contributed by atoms with E-state index in [-0.39, 0.29) is 17.7 Å². The van der Waals surface area contributed by atoms with Crippen LogP contribution in [0.3, 0.4) is 0 Å². The van der Waals surface area contributed by atoms with Crippen molar-refractivity contribution >= 4 is 45.6 Å². The van der Waals surface area contributed by atoms with Gasteiger partial charge in [0.15, 0.2) is 0 Å². The SMILES string of the molecule is O=C(CSc1ncnc2ccccc12)N1N=C(c2cccs2)CC1c1ccco1. The van der Waals surface area contributed by atoms with Gasteiger partial charge in [-0.2, -0.15) is 5.10 Å². The van der Waals surface area contributed by atoms with Crippen molar-refractivity contribution in [3.05, 3.63) is 77.1 Å². The fraction of sp³-hybridized carbons (Fsp3) is 0.143. The van der Waals surface area contributed by atoms with E-state index in [1.807, 2.05) is 53.9 Å². The molecule has 3 aromatic heterocycles. The number of furan rings is 1. The summed E-state index contributed by atoms with van der Waals surface area (Å²) in [6.07, 6.45) is 3.80. The van der Waals surface area contributed by atoms with Crippen molar-refractivity contribution in [3.63, 3.8) is 0 Å². The Hall–Kier alpha value is -2.97. The fourth-order valence-electron chi connectivity index (χ4n) is 3.33. The monoisotopic (exact) mass is 420 g/mol. The third-order valence-electron chi connectivity index (χ3n) is 4.68. The first kappa shape index (κ1) is 18.1. The molecule has 0 bridgehead atoms. The van der Waals surface area contributed by atoms with Crippen LogP contribution in [-0.4, -0.2) is 32.3 Å². The Labute approximate surface area is 175 Å². The molecule has 4 heterocycles. The Kier molecular flexibility index (Phi) is 4.87. The number of fused-ring (bicyclic) bond motifs is 1. The lowest BCUT2D eigenvalue weighted by Gasteiger charge is -2.19. The van der Waals surface area contributed by atoms with Gasteiger partial charge in [0.1, 0.15) is 23.2 Å². The smallest absolute Gasteiger partial charge is 0.253 e. The molecule has 0 fully saturated rings. The van der Waals surface area contributed by atoms with Crippen LogP contribution in [0.2, 0.25) is 0 Å². The molecule has 0 spiro atoms. The van der Waals surface area contributed by atoms with Crippen LogP contribution in [0.15, 0.2) is 81.0 Å². The maximum absolute atomic E-state index is 13.1. The van der Waals surface area contributed by atoms with E-state index in [2.05, 4.69) is 15.1 Å². The summed E-state index contributed by atoms with van der Waals surface area (Å²) in [6, 6.07) is 15.3. The van der Waals surface area contributed by atoms with Gasteiger partial charge in [-0.05, 0) is 29.6 Å². The van der Waals surface area contributed by atoms with Gasteiger partial charge < -0.3 is 4.42 Å². The van der Waals surface area contributed by atoms with E-state index in [4.69, 9.17) is 4.42 Å². The molecule has 5 rings (SSSR count). The molecule has 1 aromatic carbocycles. The topological polar surface area (TPSA) is 71.6 Å². The number of thioether (sulfide) groups is 1. The molecule has 0 saturated carbocycles. The van der Waals surface area contributed by atoms with Crippen LogP contribution in [-0.2, 0) is 4.79 Å². The normalized spacial score (nSPS) is 16.3. The second kappa shape index (κ2) is 7.81. The molecule has 0 N–H and O–H groups in total. The maximum Gasteiger partial charge on any atom is 0.253 e. The van der Waals surface area contributed by atoms with Gasteiger partial charge in [-0.1, -0.05) is 36.0 Å². The molecule has 0 radical (unpaired) electrons. The maximum atomic E-state index is 13.1. The third kappa shape index (κ3) is 3.56. The summed E-state index contributed by atoms with van der Waals surface area (Å²) in [5, 5.41) is 9.96. The van der Waals surface area contributed by atoms with E-state index < -0.39 is 0 Å². The Morgan fingerprint density at radius 1 is 1.17 bits per heavy atom. The van der Waals surface area contributed by atoms with Crippen LogP contribution in [0.5, 0.6) is 0 Å². The number of para-hydroxylation sites is 1. The van der Waals surface area contributed by atoms with Gasteiger partial charge in [0.2, 0.25) is 0 Å². The van der Waals surface area contributed by atoms with Crippen LogP contribution in [0, 0.1) is 0 Å². The van der Waals surface area contributed by atoms with Crippen molar-refractivity contribution in [1.29, 1.82) is 0 Å². The van der Waals surface area contributed by atoms with Gasteiger partial charge in [-0.15, -0.1) is 11.3 Å². The Bertz CT molecular complexity index is 1170. The number of nitrogens with zero attached hydrogens (tertiary/aromatic N) is 4. The summed E-state index contributed by atoms with van der Waals surface area (Å²) in [6.45, 7) is 0. The minimum Gasteiger partial charge on any atom is -0.467 e. The zero-order chi connectivity index (χ0) is 19.6. The molecule has 1 amide bonds. The first-order valence-electron chi connectivity index (χ1n) is 9.09. The first-order valence-corrected chi connectivity index (χ1v) is 11.0. The van der Waals surface area contributed by atoms with Gasteiger partial charge in [-0.3, -0.25) is 4.79 Å². The average Bonchev–Trinajstić information content (AvgIpc) is 3.52. The standard InChI is InChI=1S/C21H16N4O2S2/c26-20(12-29-21-14-5-1-2-6-15(14)22-13-23-21)25-17(18-7-3-9-27-18)11-16(24-25)19-8-4-10-28-19/h1-10,13,17H,11-12H2. The van der Waals surface area contributed by atoms with Gasteiger partial charge in [0.05, 0.1) is 28.1 Å². The third-order valence-corrected chi connectivity index (χ3v) is 6.59. The molecule has 4 aromatic rings. The second-order valence-corrected chi connectivity index (χ2v) is 8.39. The lowest BCUT2D eigenvalue weighted by atomic mass is 10.1. The molecule has 0 aliphatic carbocycles. The minimum atomic E-state index is -0.225. The number of amides is 1. The van der Waals surface area contributed by atoms with Gasteiger partial charge in [0.25, 0.3) is 5.91 Å². The van der Waals surface area contributed by atoms with Crippen molar-refractivity contribution in [2.24, 2.45) is 5.10 Å². The molecule has 6 nitrogen and oxygen atoms in total. The molecule has 1 atom stereocenters. The summed E-state index contributed by atoms with van der Waals surface area (Å²) in [4.78, 5) is 22.8. The largest absolute Gasteiger partial charge is 0.467 e. The van der Waals surface area contributed by atoms with Crippen molar-refractivity contribution in [1.82, 2.24) is 15.0 Å². The predicted octanol–water partition coefficient (Wildman–Crippen LogP) is 4.75. The molecule has 144 valence electrons. The number of hydrogen-bond acceptors (Lipinski definition) is 7. The molecule has 0 saturated heterocycles. The van der Waals surface area contributed by atoms with E-state index in [9.17, 15) is 4.79 Å². The highest BCUT2D eigenvalue weighted by Gasteiger charge is 2.35.